The quantitative estimate of drug-likeness (QED) is 0.535. The molecule has 0 bridgehead atoms. The van der Waals surface area contributed by atoms with E-state index < -0.39 is 11.9 Å². The van der Waals surface area contributed by atoms with Gasteiger partial charge >= 0.3 is 11.9 Å². The number of carbonyl (C=O) groups excluding carboxylic acids is 1. The minimum Gasteiger partial charge on any atom is -0.478 e. The van der Waals surface area contributed by atoms with E-state index in [1.807, 2.05) is 43.4 Å². The van der Waals surface area contributed by atoms with Gasteiger partial charge in [-0.15, -0.1) is 0 Å². The van der Waals surface area contributed by atoms with Crippen LogP contribution in [0.5, 0.6) is 0 Å². The highest BCUT2D eigenvalue weighted by molar-refractivity contribution is 14.1. The maximum absolute atomic E-state index is 12.4. The van der Waals surface area contributed by atoms with Gasteiger partial charge in [0.25, 0.3) is 0 Å². The summed E-state index contributed by atoms with van der Waals surface area (Å²) in [5.74, 6) is -1.68. The molecule has 0 fully saturated rings. The SMILES string of the molecule is CCCCC(OC(=O)c1ccc(I)cc1C(=O)O)C(C)(C)C. The predicted molar refractivity (Wildman–Crippen MR) is 94.3 cm³/mol. The van der Waals surface area contributed by atoms with E-state index in [-0.39, 0.29) is 22.6 Å². The van der Waals surface area contributed by atoms with Crippen molar-refractivity contribution in [3.05, 3.63) is 32.9 Å². The third-order valence-electron chi connectivity index (χ3n) is 3.47. The molecule has 1 rings (SSSR count). The van der Waals surface area contributed by atoms with E-state index in [9.17, 15) is 14.7 Å². The summed E-state index contributed by atoms with van der Waals surface area (Å²) in [6.07, 6.45) is 2.53. The first-order valence-corrected chi connectivity index (χ1v) is 8.48. The van der Waals surface area contributed by atoms with Crippen LogP contribution in [0.15, 0.2) is 18.2 Å². The summed E-state index contributed by atoms with van der Waals surface area (Å²) in [6, 6.07) is 4.71. The van der Waals surface area contributed by atoms with Crippen molar-refractivity contribution in [1.82, 2.24) is 0 Å². The van der Waals surface area contributed by atoms with Crippen LogP contribution in [0.25, 0.3) is 0 Å². The van der Waals surface area contributed by atoms with Gasteiger partial charge in [-0.3, -0.25) is 0 Å². The Morgan fingerprint density at radius 3 is 2.41 bits per heavy atom. The van der Waals surface area contributed by atoms with Crippen molar-refractivity contribution in [2.45, 2.75) is 53.1 Å². The number of carboxylic acid groups (broad SMARTS) is 1. The lowest BCUT2D eigenvalue weighted by Gasteiger charge is -2.30. The Bertz CT molecular complexity index is 546. The Labute approximate surface area is 145 Å². The molecule has 4 nitrogen and oxygen atoms in total. The Morgan fingerprint density at radius 1 is 1.27 bits per heavy atom. The third-order valence-corrected chi connectivity index (χ3v) is 4.14. The molecule has 0 aromatic heterocycles. The van der Waals surface area contributed by atoms with E-state index >= 15 is 0 Å². The van der Waals surface area contributed by atoms with Gasteiger partial charge in [-0.05, 0) is 52.6 Å². The zero-order chi connectivity index (χ0) is 16.9. The number of unbranched alkanes of at least 4 members (excludes halogenated alkanes) is 1. The number of esters is 1. The van der Waals surface area contributed by atoms with E-state index in [1.165, 1.54) is 12.1 Å². The van der Waals surface area contributed by atoms with Gasteiger partial charge in [0.2, 0.25) is 0 Å². The van der Waals surface area contributed by atoms with Crippen molar-refractivity contribution in [1.29, 1.82) is 0 Å². The molecule has 1 N–H and O–H groups in total. The van der Waals surface area contributed by atoms with Gasteiger partial charge in [0.05, 0.1) is 11.1 Å². The van der Waals surface area contributed by atoms with E-state index in [0.29, 0.717) is 0 Å². The van der Waals surface area contributed by atoms with Crippen LogP contribution >= 0.6 is 22.6 Å². The molecule has 22 heavy (non-hydrogen) atoms. The second-order valence-electron chi connectivity index (χ2n) is 6.40. The number of ether oxygens (including phenoxy) is 1. The average molecular weight is 418 g/mol. The van der Waals surface area contributed by atoms with Gasteiger partial charge in [0, 0.05) is 3.57 Å². The smallest absolute Gasteiger partial charge is 0.339 e. The lowest BCUT2D eigenvalue weighted by Crippen LogP contribution is -2.32. The minimum absolute atomic E-state index is 0.0138. The molecule has 0 aliphatic carbocycles. The molecule has 0 saturated heterocycles. The number of benzene rings is 1. The molecule has 0 amide bonds. The van der Waals surface area contributed by atoms with Crippen LogP contribution in [0.3, 0.4) is 0 Å². The van der Waals surface area contributed by atoms with Gasteiger partial charge in [0.1, 0.15) is 6.10 Å². The van der Waals surface area contributed by atoms with E-state index in [4.69, 9.17) is 4.74 Å². The molecule has 1 unspecified atom stereocenters. The van der Waals surface area contributed by atoms with Crippen molar-refractivity contribution in [3.8, 4) is 0 Å². The number of rotatable bonds is 6. The van der Waals surface area contributed by atoms with Crippen molar-refractivity contribution in [2.24, 2.45) is 5.41 Å². The molecule has 0 aliphatic rings. The fourth-order valence-electron chi connectivity index (χ4n) is 2.12. The molecular formula is C17H23IO4. The van der Waals surface area contributed by atoms with E-state index in [2.05, 4.69) is 6.92 Å². The van der Waals surface area contributed by atoms with Crippen molar-refractivity contribution in [2.75, 3.05) is 0 Å². The Morgan fingerprint density at radius 2 is 1.91 bits per heavy atom. The van der Waals surface area contributed by atoms with Crippen LogP contribution in [0.2, 0.25) is 0 Å². The summed E-state index contributed by atoms with van der Waals surface area (Å²) >= 11 is 2.02. The number of carbonyl (C=O) groups is 2. The first-order chi connectivity index (χ1) is 10.2. The van der Waals surface area contributed by atoms with Crippen LogP contribution in [0.4, 0.5) is 0 Å². The maximum atomic E-state index is 12.4. The number of halogens is 1. The molecule has 1 atom stereocenters. The van der Waals surface area contributed by atoms with Crippen molar-refractivity contribution in [3.63, 3.8) is 0 Å². The molecule has 122 valence electrons. The third kappa shape index (κ3) is 5.26. The van der Waals surface area contributed by atoms with Gasteiger partial charge < -0.3 is 9.84 Å². The standard InChI is InChI=1S/C17H23IO4/c1-5-6-7-14(17(2,3)4)22-16(21)12-9-8-11(18)10-13(12)15(19)20/h8-10,14H,5-7H2,1-4H3,(H,19,20). The fraction of sp³-hybridized carbons (Fsp3) is 0.529. The topological polar surface area (TPSA) is 63.6 Å². The Hall–Kier alpha value is -1.11. The number of aromatic carboxylic acids is 1. The molecule has 0 aliphatic heterocycles. The molecule has 0 radical (unpaired) electrons. The predicted octanol–water partition coefficient (Wildman–Crippen LogP) is 4.75. The Balaban J connectivity index is 3.02. The fourth-order valence-corrected chi connectivity index (χ4v) is 2.61. The summed E-state index contributed by atoms with van der Waals surface area (Å²) in [5, 5.41) is 9.26. The van der Waals surface area contributed by atoms with Gasteiger partial charge in [-0.25, -0.2) is 9.59 Å². The lowest BCUT2D eigenvalue weighted by atomic mass is 9.86. The van der Waals surface area contributed by atoms with Gasteiger partial charge in [-0.1, -0.05) is 40.5 Å². The molecule has 0 heterocycles. The van der Waals surface area contributed by atoms with Crippen LogP contribution < -0.4 is 0 Å². The number of hydrogen-bond acceptors (Lipinski definition) is 3. The van der Waals surface area contributed by atoms with Crippen LogP contribution in [-0.4, -0.2) is 23.1 Å². The monoisotopic (exact) mass is 418 g/mol. The average Bonchev–Trinajstić information content (AvgIpc) is 2.41. The second kappa shape index (κ2) is 7.94. The summed E-state index contributed by atoms with van der Waals surface area (Å²) < 4.78 is 6.40. The molecule has 0 saturated carbocycles. The Kier molecular flexibility index (Phi) is 6.84. The van der Waals surface area contributed by atoms with E-state index in [0.717, 1.165) is 22.8 Å². The molecular weight excluding hydrogens is 395 g/mol. The van der Waals surface area contributed by atoms with Gasteiger partial charge in [-0.2, -0.15) is 0 Å². The number of hydrogen-bond donors (Lipinski definition) is 1. The normalized spacial score (nSPS) is 12.8. The molecule has 1 aromatic rings. The second-order valence-corrected chi connectivity index (χ2v) is 7.64. The highest BCUT2D eigenvalue weighted by Gasteiger charge is 2.29. The summed E-state index contributed by atoms with van der Waals surface area (Å²) in [6.45, 7) is 8.15. The van der Waals surface area contributed by atoms with E-state index in [1.54, 1.807) is 6.07 Å². The number of carboxylic acids is 1. The van der Waals surface area contributed by atoms with Crippen molar-refractivity contribution >= 4 is 34.5 Å². The lowest BCUT2D eigenvalue weighted by molar-refractivity contribution is -0.00696. The van der Waals surface area contributed by atoms with Crippen LogP contribution in [-0.2, 0) is 4.74 Å². The summed E-state index contributed by atoms with van der Waals surface area (Å²) in [7, 11) is 0. The largest absolute Gasteiger partial charge is 0.478 e. The molecule has 0 spiro atoms. The first kappa shape index (κ1) is 18.9. The van der Waals surface area contributed by atoms with Crippen molar-refractivity contribution < 1.29 is 19.4 Å². The van der Waals surface area contributed by atoms with Gasteiger partial charge in [0.15, 0.2) is 0 Å². The molecule has 1 aromatic carbocycles. The molecule has 5 heteroatoms. The van der Waals surface area contributed by atoms with Crippen LogP contribution in [0.1, 0.15) is 67.7 Å². The summed E-state index contributed by atoms with van der Waals surface area (Å²) in [5.41, 5.74) is -0.0871. The summed E-state index contributed by atoms with van der Waals surface area (Å²) in [4.78, 5) is 23.7. The highest BCUT2D eigenvalue weighted by atomic mass is 127. The van der Waals surface area contributed by atoms with Crippen LogP contribution in [0, 0.1) is 8.99 Å². The zero-order valence-electron chi connectivity index (χ0n) is 13.5. The highest BCUT2D eigenvalue weighted by Crippen LogP contribution is 2.28. The first-order valence-electron chi connectivity index (χ1n) is 7.40. The zero-order valence-corrected chi connectivity index (χ0v) is 15.6. The minimum atomic E-state index is -1.12. The maximum Gasteiger partial charge on any atom is 0.339 e.